The summed E-state index contributed by atoms with van der Waals surface area (Å²) in [7, 11) is 1.69. The molecule has 1 heterocycles. The average Bonchev–Trinajstić information content (AvgIpc) is 2.27. The first-order valence-corrected chi connectivity index (χ1v) is 5.54. The van der Waals surface area contributed by atoms with E-state index in [1.807, 2.05) is 0 Å². The molecule has 1 aromatic rings. The van der Waals surface area contributed by atoms with Crippen LogP contribution >= 0.6 is 0 Å². The Labute approximate surface area is 98.3 Å². The minimum Gasteiger partial charge on any atom is -0.393 e. The maximum absolute atomic E-state index is 11.9. The average molecular weight is 237 g/mol. The van der Waals surface area contributed by atoms with Crippen LogP contribution in [0.3, 0.4) is 0 Å². The summed E-state index contributed by atoms with van der Waals surface area (Å²) >= 11 is 0. The van der Waals surface area contributed by atoms with Gasteiger partial charge in [-0.3, -0.25) is 9.59 Å². The van der Waals surface area contributed by atoms with Crippen LogP contribution in [-0.2, 0) is 0 Å². The lowest BCUT2D eigenvalue weighted by Gasteiger charge is -2.34. The maximum atomic E-state index is 11.9. The number of carbonyl (C=O) groups excluding carboxylic acids is 1. The zero-order chi connectivity index (χ0) is 12.4. The molecular weight excluding hydrogens is 222 g/mol. The van der Waals surface area contributed by atoms with Crippen LogP contribution in [0.15, 0.2) is 17.2 Å². The number of aromatic nitrogens is 2. The molecule has 2 N–H and O–H groups in total. The Morgan fingerprint density at radius 3 is 2.88 bits per heavy atom. The summed E-state index contributed by atoms with van der Waals surface area (Å²) in [5.41, 5.74) is -0.0988. The van der Waals surface area contributed by atoms with Gasteiger partial charge in [0, 0.05) is 19.8 Å². The summed E-state index contributed by atoms with van der Waals surface area (Å²) in [6, 6.07) is 0. The van der Waals surface area contributed by atoms with Crippen LogP contribution in [0.2, 0.25) is 0 Å². The van der Waals surface area contributed by atoms with E-state index in [4.69, 9.17) is 5.11 Å². The molecule has 0 spiro atoms. The number of aliphatic hydroxyl groups is 1. The van der Waals surface area contributed by atoms with Gasteiger partial charge in [0.1, 0.15) is 5.69 Å². The summed E-state index contributed by atoms with van der Waals surface area (Å²) in [5.74, 6) is 0.143. The Bertz CT molecular complexity index is 445. The monoisotopic (exact) mass is 237 g/mol. The van der Waals surface area contributed by atoms with Crippen molar-refractivity contribution in [2.75, 3.05) is 13.6 Å². The summed E-state index contributed by atoms with van der Waals surface area (Å²) in [5, 5.41) is 9.16. The van der Waals surface area contributed by atoms with Crippen LogP contribution in [0.5, 0.6) is 0 Å². The first-order valence-electron chi connectivity index (χ1n) is 5.54. The second kappa shape index (κ2) is 4.67. The number of hydrogen-bond donors (Lipinski definition) is 2. The van der Waals surface area contributed by atoms with Crippen molar-refractivity contribution in [1.29, 1.82) is 0 Å². The third kappa shape index (κ3) is 2.71. The maximum Gasteiger partial charge on any atom is 0.273 e. The van der Waals surface area contributed by atoms with Crippen molar-refractivity contribution >= 4 is 5.91 Å². The number of nitrogens with one attached hydrogen (secondary N) is 1. The molecule has 2 rings (SSSR count). The van der Waals surface area contributed by atoms with Gasteiger partial charge in [-0.25, -0.2) is 4.98 Å². The number of carbonyl (C=O) groups is 1. The number of amides is 1. The summed E-state index contributed by atoms with van der Waals surface area (Å²) in [6.07, 6.45) is 3.69. The van der Waals surface area contributed by atoms with Gasteiger partial charge in [-0.15, -0.1) is 0 Å². The Balaban J connectivity index is 1.94. The quantitative estimate of drug-likeness (QED) is 0.749. The first-order chi connectivity index (χ1) is 8.06. The molecule has 0 aliphatic heterocycles. The molecular formula is C11H15N3O3. The Morgan fingerprint density at radius 2 is 2.35 bits per heavy atom. The lowest BCUT2D eigenvalue weighted by atomic mass is 9.82. The summed E-state index contributed by atoms with van der Waals surface area (Å²) in [4.78, 5) is 30.5. The molecule has 6 nitrogen and oxygen atoms in total. The van der Waals surface area contributed by atoms with E-state index in [1.165, 1.54) is 6.20 Å². The van der Waals surface area contributed by atoms with E-state index in [2.05, 4.69) is 9.97 Å². The zero-order valence-electron chi connectivity index (χ0n) is 9.59. The van der Waals surface area contributed by atoms with Crippen LogP contribution in [0.1, 0.15) is 23.3 Å². The first kappa shape index (κ1) is 11.8. The number of H-pyrrole nitrogens is 1. The molecule has 17 heavy (non-hydrogen) atoms. The molecule has 0 radical (unpaired) electrons. The molecule has 1 aliphatic rings. The Kier molecular flexibility index (Phi) is 3.23. The normalized spacial score (nSPS) is 22.9. The fourth-order valence-electron chi connectivity index (χ4n) is 1.97. The SMILES string of the molecule is CN(CC1CC(O)C1)C(=O)c1c[nH]c(=O)cn1. The predicted octanol–water partition coefficient (Wildman–Crippen LogP) is -0.387. The van der Waals surface area contributed by atoms with Crippen molar-refractivity contribution < 1.29 is 9.90 Å². The number of aromatic amines is 1. The molecule has 0 atom stereocenters. The Hall–Kier alpha value is -1.69. The van der Waals surface area contributed by atoms with E-state index in [0.717, 1.165) is 19.0 Å². The van der Waals surface area contributed by atoms with Gasteiger partial charge in [-0.1, -0.05) is 0 Å². The van der Waals surface area contributed by atoms with Crippen molar-refractivity contribution in [2.45, 2.75) is 18.9 Å². The molecule has 0 bridgehead atoms. The lowest BCUT2D eigenvalue weighted by Crippen LogP contribution is -2.39. The van der Waals surface area contributed by atoms with Crippen molar-refractivity contribution in [3.63, 3.8) is 0 Å². The largest absolute Gasteiger partial charge is 0.393 e. The van der Waals surface area contributed by atoms with Crippen molar-refractivity contribution in [3.8, 4) is 0 Å². The van der Waals surface area contributed by atoms with E-state index >= 15 is 0 Å². The topological polar surface area (TPSA) is 86.3 Å². The molecule has 92 valence electrons. The van der Waals surface area contributed by atoms with Gasteiger partial charge in [0.25, 0.3) is 11.5 Å². The highest BCUT2D eigenvalue weighted by Gasteiger charge is 2.29. The van der Waals surface area contributed by atoms with E-state index in [1.54, 1.807) is 11.9 Å². The van der Waals surface area contributed by atoms with E-state index in [0.29, 0.717) is 12.5 Å². The van der Waals surface area contributed by atoms with Gasteiger partial charge in [0.05, 0.1) is 12.3 Å². The van der Waals surface area contributed by atoms with Crippen molar-refractivity contribution in [2.24, 2.45) is 5.92 Å². The third-order valence-corrected chi connectivity index (χ3v) is 2.98. The number of aliphatic hydroxyl groups excluding tert-OH is 1. The lowest BCUT2D eigenvalue weighted by molar-refractivity contribution is 0.0264. The fourth-order valence-corrected chi connectivity index (χ4v) is 1.97. The summed E-state index contributed by atoms with van der Waals surface area (Å²) in [6.45, 7) is 0.608. The van der Waals surface area contributed by atoms with Gasteiger partial charge in [-0.2, -0.15) is 0 Å². The van der Waals surface area contributed by atoms with Gasteiger partial charge < -0.3 is 15.0 Å². The fraction of sp³-hybridized carbons (Fsp3) is 0.545. The van der Waals surface area contributed by atoms with Gasteiger partial charge in [0.2, 0.25) is 0 Å². The number of nitrogens with zero attached hydrogens (tertiary/aromatic N) is 2. The van der Waals surface area contributed by atoms with Crippen molar-refractivity contribution in [3.05, 3.63) is 28.4 Å². The van der Waals surface area contributed by atoms with Gasteiger partial charge >= 0.3 is 0 Å². The minimum atomic E-state index is -0.327. The molecule has 1 amide bonds. The molecule has 1 aromatic heterocycles. The third-order valence-electron chi connectivity index (χ3n) is 2.98. The minimum absolute atomic E-state index is 0.213. The molecule has 1 aliphatic carbocycles. The molecule has 0 aromatic carbocycles. The van der Waals surface area contributed by atoms with Crippen LogP contribution in [0.4, 0.5) is 0 Å². The highest BCUT2D eigenvalue weighted by molar-refractivity contribution is 5.91. The summed E-state index contributed by atoms with van der Waals surface area (Å²) < 4.78 is 0. The van der Waals surface area contributed by atoms with Gasteiger partial charge in [-0.05, 0) is 18.8 Å². The van der Waals surface area contributed by atoms with E-state index < -0.39 is 0 Å². The number of rotatable bonds is 3. The predicted molar refractivity (Wildman–Crippen MR) is 60.5 cm³/mol. The van der Waals surface area contributed by atoms with E-state index in [9.17, 15) is 9.59 Å². The molecule has 0 unspecified atom stereocenters. The van der Waals surface area contributed by atoms with Crippen LogP contribution in [0.25, 0.3) is 0 Å². The van der Waals surface area contributed by atoms with Crippen LogP contribution < -0.4 is 5.56 Å². The highest BCUT2D eigenvalue weighted by atomic mass is 16.3. The standard InChI is InChI=1S/C11H15N3O3/c1-14(6-7-2-8(15)3-7)11(17)9-4-13-10(16)5-12-9/h4-5,7-8,15H,2-3,6H2,1H3,(H,13,16). The van der Waals surface area contributed by atoms with Crippen LogP contribution in [0, 0.1) is 5.92 Å². The number of hydrogen-bond acceptors (Lipinski definition) is 4. The second-order valence-corrected chi connectivity index (χ2v) is 4.47. The zero-order valence-corrected chi connectivity index (χ0v) is 9.59. The van der Waals surface area contributed by atoms with Crippen molar-refractivity contribution in [1.82, 2.24) is 14.9 Å². The molecule has 1 saturated carbocycles. The Morgan fingerprint density at radius 1 is 1.65 bits per heavy atom. The van der Waals surface area contributed by atoms with Crippen LogP contribution in [-0.4, -0.2) is 45.6 Å². The highest BCUT2D eigenvalue weighted by Crippen LogP contribution is 2.27. The molecule has 6 heteroatoms. The second-order valence-electron chi connectivity index (χ2n) is 4.47. The van der Waals surface area contributed by atoms with E-state index in [-0.39, 0.29) is 23.3 Å². The molecule has 1 fully saturated rings. The molecule has 0 saturated heterocycles. The van der Waals surface area contributed by atoms with Gasteiger partial charge in [0.15, 0.2) is 0 Å². The smallest absolute Gasteiger partial charge is 0.273 e.